The predicted octanol–water partition coefficient (Wildman–Crippen LogP) is 3.63. The van der Waals surface area contributed by atoms with Crippen LogP contribution in [0.15, 0.2) is 66.2 Å². The average Bonchev–Trinajstić information content (AvgIpc) is 3.17. The first-order valence-electron chi connectivity index (χ1n) is 9.81. The van der Waals surface area contributed by atoms with Gasteiger partial charge in [0.1, 0.15) is 17.1 Å². The summed E-state index contributed by atoms with van der Waals surface area (Å²) in [6.45, 7) is 1.95. The molecule has 1 aromatic heterocycles. The van der Waals surface area contributed by atoms with Gasteiger partial charge >= 0.3 is 0 Å². The van der Waals surface area contributed by atoms with Crippen LogP contribution < -0.4 is 19.7 Å². The smallest absolute Gasteiger partial charge is 0.270 e. The molecule has 1 aliphatic heterocycles. The first kappa shape index (κ1) is 21.3. The standard InChI is InChI=1S/C24H21N3O4S/c1-15-4-5-18(26(15)16-6-10-19(30-2)11-7-16)14-21-22(28)25-24(32)27(23(21)29)17-8-12-20(31-3)13-9-17/h4-14H,1-3H3,(H,25,28,32)/b21-14+. The van der Waals surface area contributed by atoms with Crippen LogP contribution in [0.5, 0.6) is 11.5 Å². The van der Waals surface area contributed by atoms with Crippen molar-refractivity contribution in [3.8, 4) is 17.2 Å². The van der Waals surface area contributed by atoms with Gasteiger partial charge in [-0.15, -0.1) is 0 Å². The first-order chi connectivity index (χ1) is 15.4. The number of aryl methyl sites for hydroxylation is 1. The maximum absolute atomic E-state index is 13.3. The highest BCUT2D eigenvalue weighted by atomic mass is 32.1. The number of carbonyl (C=O) groups excluding carboxylic acids is 2. The molecule has 2 aromatic carbocycles. The molecule has 2 amide bonds. The number of benzene rings is 2. The minimum atomic E-state index is -0.537. The number of ether oxygens (including phenoxy) is 2. The highest BCUT2D eigenvalue weighted by Gasteiger charge is 2.34. The summed E-state index contributed by atoms with van der Waals surface area (Å²) in [5, 5.41) is 2.64. The van der Waals surface area contributed by atoms with Crippen LogP contribution in [-0.4, -0.2) is 35.7 Å². The molecule has 0 aliphatic carbocycles. The number of nitrogens with one attached hydrogen (secondary N) is 1. The number of amides is 2. The van der Waals surface area contributed by atoms with E-state index in [2.05, 4.69) is 5.32 Å². The van der Waals surface area contributed by atoms with E-state index in [-0.39, 0.29) is 10.7 Å². The zero-order chi connectivity index (χ0) is 22.8. The van der Waals surface area contributed by atoms with Gasteiger partial charge < -0.3 is 14.0 Å². The number of nitrogens with zero attached hydrogens (tertiary/aromatic N) is 2. The second-order valence-corrected chi connectivity index (χ2v) is 7.48. The molecular formula is C24H21N3O4S. The molecule has 2 heterocycles. The molecule has 162 valence electrons. The molecule has 1 fully saturated rings. The van der Waals surface area contributed by atoms with Crippen molar-refractivity contribution in [1.29, 1.82) is 0 Å². The van der Waals surface area contributed by atoms with Crippen molar-refractivity contribution in [3.63, 3.8) is 0 Å². The quantitative estimate of drug-likeness (QED) is 0.367. The minimum Gasteiger partial charge on any atom is -0.497 e. The Morgan fingerprint density at radius 2 is 1.41 bits per heavy atom. The van der Waals surface area contributed by atoms with Gasteiger partial charge in [0.25, 0.3) is 11.8 Å². The molecule has 4 rings (SSSR count). The largest absolute Gasteiger partial charge is 0.497 e. The Hall–Kier alpha value is -3.91. The summed E-state index contributed by atoms with van der Waals surface area (Å²) in [7, 11) is 3.17. The van der Waals surface area contributed by atoms with Gasteiger partial charge in [-0.25, -0.2) is 0 Å². The molecular weight excluding hydrogens is 426 g/mol. The predicted molar refractivity (Wildman–Crippen MR) is 126 cm³/mol. The SMILES string of the molecule is COc1ccc(N2C(=O)/C(=C/c3ccc(C)n3-c3ccc(OC)cc3)C(=O)NC2=S)cc1. The lowest BCUT2D eigenvalue weighted by molar-refractivity contribution is -0.122. The van der Waals surface area contributed by atoms with Gasteiger partial charge in [-0.05, 0) is 85.9 Å². The first-order valence-corrected chi connectivity index (χ1v) is 10.2. The topological polar surface area (TPSA) is 72.8 Å². The fraction of sp³-hybridized carbons (Fsp3) is 0.125. The summed E-state index contributed by atoms with van der Waals surface area (Å²) >= 11 is 5.27. The molecule has 7 nitrogen and oxygen atoms in total. The number of aromatic nitrogens is 1. The minimum absolute atomic E-state index is 0.0118. The molecule has 1 aliphatic rings. The van der Waals surface area contributed by atoms with Gasteiger partial charge in [-0.3, -0.25) is 19.8 Å². The van der Waals surface area contributed by atoms with Crippen molar-refractivity contribution in [1.82, 2.24) is 9.88 Å². The van der Waals surface area contributed by atoms with Crippen LogP contribution in [0, 0.1) is 6.92 Å². The molecule has 0 saturated carbocycles. The Balaban J connectivity index is 1.74. The normalized spacial score (nSPS) is 15.2. The molecule has 8 heteroatoms. The van der Waals surface area contributed by atoms with Gasteiger partial charge in [-0.1, -0.05) is 0 Å². The fourth-order valence-electron chi connectivity index (χ4n) is 3.53. The van der Waals surface area contributed by atoms with Gasteiger partial charge in [0.2, 0.25) is 0 Å². The number of rotatable bonds is 5. The number of thiocarbonyl (C=S) groups is 1. The summed E-state index contributed by atoms with van der Waals surface area (Å²) < 4.78 is 12.4. The van der Waals surface area contributed by atoms with Gasteiger partial charge in [-0.2, -0.15) is 0 Å². The number of carbonyl (C=O) groups is 2. The molecule has 0 radical (unpaired) electrons. The summed E-state index contributed by atoms with van der Waals surface area (Å²) in [6, 6.07) is 18.2. The van der Waals surface area contributed by atoms with Gasteiger partial charge in [0, 0.05) is 17.1 Å². The van der Waals surface area contributed by atoms with E-state index in [1.165, 1.54) is 4.90 Å². The zero-order valence-electron chi connectivity index (χ0n) is 17.8. The Kier molecular flexibility index (Phi) is 5.79. The lowest BCUT2D eigenvalue weighted by Crippen LogP contribution is -2.54. The molecule has 0 bridgehead atoms. The number of anilines is 1. The Morgan fingerprint density at radius 1 is 0.844 bits per heavy atom. The van der Waals surface area contributed by atoms with E-state index in [9.17, 15) is 9.59 Å². The zero-order valence-corrected chi connectivity index (χ0v) is 18.6. The summed E-state index contributed by atoms with van der Waals surface area (Å²) in [5.74, 6) is 0.356. The van der Waals surface area contributed by atoms with Crippen LogP contribution in [0.3, 0.4) is 0 Å². The molecule has 1 saturated heterocycles. The lowest BCUT2D eigenvalue weighted by Gasteiger charge is -2.29. The highest BCUT2D eigenvalue weighted by Crippen LogP contribution is 2.26. The summed E-state index contributed by atoms with van der Waals surface area (Å²) in [6.07, 6.45) is 1.58. The molecule has 1 N–H and O–H groups in total. The summed E-state index contributed by atoms with van der Waals surface area (Å²) in [4.78, 5) is 27.3. The van der Waals surface area contributed by atoms with E-state index >= 15 is 0 Å². The molecule has 0 atom stereocenters. The number of hydrogen-bond acceptors (Lipinski definition) is 5. The fourth-order valence-corrected chi connectivity index (χ4v) is 3.81. The molecule has 3 aromatic rings. The van der Waals surface area contributed by atoms with Crippen LogP contribution in [0.25, 0.3) is 11.8 Å². The third-order valence-corrected chi connectivity index (χ3v) is 5.45. The Morgan fingerprint density at radius 3 is 1.97 bits per heavy atom. The van der Waals surface area contributed by atoms with E-state index in [1.54, 1.807) is 44.6 Å². The van der Waals surface area contributed by atoms with Gasteiger partial charge in [0.05, 0.1) is 19.9 Å². The Bertz CT molecular complexity index is 1230. The van der Waals surface area contributed by atoms with Crippen molar-refractivity contribution in [3.05, 3.63) is 77.6 Å². The van der Waals surface area contributed by atoms with Crippen LogP contribution in [-0.2, 0) is 9.59 Å². The maximum atomic E-state index is 13.3. The van der Waals surface area contributed by atoms with Crippen molar-refractivity contribution in [2.45, 2.75) is 6.92 Å². The van der Waals surface area contributed by atoms with Crippen LogP contribution in [0.1, 0.15) is 11.4 Å². The van der Waals surface area contributed by atoms with E-state index in [0.717, 1.165) is 17.1 Å². The van der Waals surface area contributed by atoms with Crippen molar-refractivity contribution < 1.29 is 19.1 Å². The molecule has 0 spiro atoms. The van der Waals surface area contributed by atoms with Crippen LogP contribution >= 0.6 is 12.2 Å². The maximum Gasteiger partial charge on any atom is 0.270 e. The second kappa shape index (κ2) is 8.68. The number of methoxy groups -OCH3 is 2. The van der Waals surface area contributed by atoms with Crippen LogP contribution in [0.4, 0.5) is 5.69 Å². The van der Waals surface area contributed by atoms with Gasteiger partial charge in [0.15, 0.2) is 5.11 Å². The Labute approximate surface area is 190 Å². The highest BCUT2D eigenvalue weighted by molar-refractivity contribution is 7.80. The molecule has 0 unspecified atom stereocenters. The average molecular weight is 448 g/mol. The lowest BCUT2D eigenvalue weighted by atomic mass is 10.1. The van der Waals surface area contributed by atoms with E-state index in [1.807, 2.05) is 47.9 Å². The number of hydrogen-bond donors (Lipinski definition) is 1. The van der Waals surface area contributed by atoms with Crippen molar-refractivity contribution in [2.75, 3.05) is 19.1 Å². The monoisotopic (exact) mass is 447 g/mol. The third-order valence-electron chi connectivity index (χ3n) is 5.16. The summed E-state index contributed by atoms with van der Waals surface area (Å²) in [5.41, 5.74) is 3.05. The van der Waals surface area contributed by atoms with Crippen molar-refractivity contribution >= 4 is 40.9 Å². The van der Waals surface area contributed by atoms with E-state index in [4.69, 9.17) is 21.7 Å². The van der Waals surface area contributed by atoms with E-state index < -0.39 is 11.8 Å². The van der Waals surface area contributed by atoms with Crippen LogP contribution in [0.2, 0.25) is 0 Å². The molecule has 32 heavy (non-hydrogen) atoms. The second-order valence-electron chi connectivity index (χ2n) is 7.09. The van der Waals surface area contributed by atoms with Crippen molar-refractivity contribution in [2.24, 2.45) is 0 Å². The third kappa shape index (κ3) is 3.88. The van der Waals surface area contributed by atoms with E-state index in [0.29, 0.717) is 17.1 Å².